The molecule has 16 nitrogen and oxygen atoms in total. The number of nitrogens with two attached hydrogens (primary N) is 1. The normalized spacial score (nSPS) is 20.8. The standard InChI is InChI=1S/C45H76N8O8/c1-13-28(4)39(52(10)45(59)38(27(2)3)49-43(57)33-20-22-50(8)26-33)36(60-11)25-37(54)53-21-15-18-35(53)40(61-12)29(5)44(58)51(9)23-19-32-16-14-17-34(24-32)48-42(56)31(7)47-41(55)30(6)46/h14,16-17,24,27-31,33,35-36,38-40H,13,15,18-23,25-26,46H2,1-12H3,(H,47,55)(H,48,56)(H,49,57)/t28-,29+,30-,31-,33+,35-,36+,38-,39-,40+/m0/s1. The quantitative estimate of drug-likeness (QED) is 0.135. The van der Waals surface area contributed by atoms with Gasteiger partial charge in [-0.25, -0.2) is 0 Å². The van der Waals surface area contributed by atoms with Crippen LogP contribution >= 0.6 is 0 Å². The van der Waals surface area contributed by atoms with E-state index in [4.69, 9.17) is 15.2 Å². The fourth-order valence-corrected chi connectivity index (χ4v) is 8.67. The number of anilines is 1. The zero-order valence-electron chi connectivity index (χ0n) is 38.9. The van der Waals surface area contributed by atoms with E-state index in [0.29, 0.717) is 38.2 Å². The van der Waals surface area contributed by atoms with Crippen LogP contribution in [-0.2, 0) is 44.7 Å². The number of hydrogen-bond acceptors (Lipinski definition) is 10. The van der Waals surface area contributed by atoms with Crippen molar-refractivity contribution in [3.05, 3.63) is 29.8 Å². The van der Waals surface area contributed by atoms with E-state index >= 15 is 0 Å². The largest absolute Gasteiger partial charge is 0.379 e. The van der Waals surface area contributed by atoms with E-state index in [1.807, 2.05) is 57.8 Å². The van der Waals surface area contributed by atoms with Crippen molar-refractivity contribution < 1.29 is 38.2 Å². The SMILES string of the molecule is CC[C@H](C)[C@@H]([C@@H](CC(=O)N1CCC[C@H]1[C@H](OC)[C@@H](C)C(=O)N(C)CCc1cccc(NC(=O)[C@H](C)NC(=O)[C@H](C)N)c1)OC)N(C)C(=O)[C@@H](NC(=O)[C@@H]1CCN(C)C1)C(C)C. The van der Waals surface area contributed by atoms with Crippen molar-refractivity contribution in [2.45, 2.75) is 129 Å². The van der Waals surface area contributed by atoms with Crippen LogP contribution in [-0.4, -0.2) is 159 Å². The fourth-order valence-electron chi connectivity index (χ4n) is 8.67. The van der Waals surface area contributed by atoms with Gasteiger partial charge in [0.25, 0.3) is 0 Å². The molecule has 0 bridgehead atoms. The summed E-state index contributed by atoms with van der Waals surface area (Å²) in [5.41, 5.74) is 7.08. The maximum absolute atomic E-state index is 14.3. The molecule has 0 unspecified atom stereocenters. The van der Waals surface area contributed by atoms with Crippen LogP contribution < -0.4 is 21.7 Å². The summed E-state index contributed by atoms with van der Waals surface area (Å²) in [6.07, 6.45) is 2.31. The van der Waals surface area contributed by atoms with Crippen LogP contribution in [0.3, 0.4) is 0 Å². The third-order valence-electron chi connectivity index (χ3n) is 12.7. The van der Waals surface area contributed by atoms with E-state index in [1.165, 1.54) is 0 Å². The predicted molar refractivity (Wildman–Crippen MR) is 236 cm³/mol. The smallest absolute Gasteiger partial charge is 0.246 e. The van der Waals surface area contributed by atoms with Gasteiger partial charge in [-0.05, 0) is 82.7 Å². The van der Waals surface area contributed by atoms with Gasteiger partial charge in [-0.3, -0.25) is 28.8 Å². The second-order valence-electron chi connectivity index (χ2n) is 17.8. The second kappa shape index (κ2) is 23.9. The Labute approximate surface area is 364 Å². The summed E-state index contributed by atoms with van der Waals surface area (Å²) in [7, 11) is 8.62. The highest BCUT2D eigenvalue weighted by Crippen LogP contribution is 2.30. The molecule has 0 spiro atoms. The maximum atomic E-state index is 14.3. The monoisotopic (exact) mass is 857 g/mol. The van der Waals surface area contributed by atoms with Crippen LogP contribution in [0, 0.1) is 23.7 Å². The van der Waals surface area contributed by atoms with Gasteiger partial charge >= 0.3 is 0 Å². The summed E-state index contributed by atoms with van der Waals surface area (Å²) >= 11 is 0. The molecule has 1 aromatic rings. The lowest BCUT2D eigenvalue weighted by molar-refractivity contribution is -0.149. The fraction of sp³-hybridized carbons (Fsp3) is 0.733. The summed E-state index contributed by atoms with van der Waals surface area (Å²) in [6, 6.07) is 4.33. The van der Waals surface area contributed by atoms with E-state index in [0.717, 1.165) is 31.4 Å². The summed E-state index contributed by atoms with van der Waals surface area (Å²) in [6.45, 7) is 15.3. The first-order valence-electron chi connectivity index (χ1n) is 22.1. The van der Waals surface area contributed by atoms with Crippen molar-refractivity contribution in [3.8, 4) is 0 Å². The van der Waals surface area contributed by atoms with Gasteiger partial charge < -0.3 is 50.8 Å². The average molecular weight is 857 g/mol. The highest BCUT2D eigenvalue weighted by atomic mass is 16.5. The van der Waals surface area contributed by atoms with Crippen molar-refractivity contribution >= 4 is 41.1 Å². The van der Waals surface area contributed by atoms with Gasteiger partial charge in [-0.1, -0.05) is 53.2 Å². The lowest BCUT2D eigenvalue weighted by Crippen LogP contribution is -2.58. The van der Waals surface area contributed by atoms with E-state index < -0.39 is 48.2 Å². The number of likely N-dealkylation sites (tertiary alicyclic amines) is 2. The number of carbonyl (C=O) groups excluding carboxylic acids is 6. The highest BCUT2D eigenvalue weighted by molar-refractivity contribution is 5.97. The van der Waals surface area contributed by atoms with Crippen LogP contribution in [0.5, 0.6) is 0 Å². The van der Waals surface area contributed by atoms with Gasteiger partial charge in [-0.2, -0.15) is 0 Å². The zero-order valence-corrected chi connectivity index (χ0v) is 38.9. The Hall–Kier alpha value is -4.12. The number of nitrogens with one attached hydrogen (secondary N) is 3. The molecule has 0 saturated carbocycles. The molecule has 3 rings (SSSR count). The lowest BCUT2D eigenvalue weighted by Gasteiger charge is -2.41. The van der Waals surface area contributed by atoms with Crippen molar-refractivity contribution in [1.29, 1.82) is 0 Å². The highest BCUT2D eigenvalue weighted by Gasteiger charge is 2.43. The number of rotatable bonds is 22. The van der Waals surface area contributed by atoms with Gasteiger partial charge in [-0.15, -0.1) is 0 Å². The summed E-state index contributed by atoms with van der Waals surface area (Å²) in [5.74, 6) is -2.25. The molecule has 10 atom stereocenters. The van der Waals surface area contributed by atoms with Crippen molar-refractivity contribution in [3.63, 3.8) is 0 Å². The number of ether oxygens (including phenoxy) is 2. The summed E-state index contributed by atoms with van der Waals surface area (Å²) in [4.78, 5) is 87.6. The van der Waals surface area contributed by atoms with Gasteiger partial charge in [0.2, 0.25) is 35.4 Å². The minimum Gasteiger partial charge on any atom is -0.379 e. The molecule has 2 fully saturated rings. The van der Waals surface area contributed by atoms with Crippen LogP contribution in [0.15, 0.2) is 24.3 Å². The summed E-state index contributed by atoms with van der Waals surface area (Å²) < 4.78 is 12.1. The predicted octanol–water partition coefficient (Wildman–Crippen LogP) is 2.49. The molecule has 344 valence electrons. The van der Waals surface area contributed by atoms with Crippen LogP contribution in [0.25, 0.3) is 0 Å². The molecule has 0 radical (unpaired) electrons. The zero-order chi connectivity index (χ0) is 45.7. The molecular weight excluding hydrogens is 781 g/mol. The van der Waals surface area contributed by atoms with E-state index in [9.17, 15) is 28.8 Å². The number of nitrogens with zero attached hydrogens (tertiary/aromatic N) is 4. The van der Waals surface area contributed by atoms with Crippen molar-refractivity contribution in [2.24, 2.45) is 29.4 Å². The van der Waals surface area contributed by atoms with Gasteiger partial charge in [0, 0.05) is 53.6 Å². The van der Waals surface area contributed by atoms with Gasteiger partial charge in [0.05, 0.1) is 48.6 Å². The minimum absolute atomic E-state index is 0.0161. The third-order valence-corrected chi connectivity index (χ3v) is 12.7. The second-order valence-corrected chi connectivity index (χ2v) is 17.8. The number of carbonyl (C=O) groups is 6. The van der Waals surface area contributed by atoms with Crippen LogP contribution in [0.4, 0.5) is 5.69 Å². The maximum Gasteiger partial charge on any atom is 0.246 e. The van der Waals surface area contributed by atoms with Crippen molar-refractivity contribution in [2.75, 3.05) is 66.9 Å². The number of likely N-dealkylation sites (N-methyl/N-ethyl adjacent to an activating group) is 2. The first-order chi connectivity index (χ1) is 28.7. The van der Waals surface area contributed by atoms with E-state index in [2.05, 4.69) is 27.8 Å². The first-order valence-corrected chi connectivity index (χ1v) is 22.1. The molecule has 2 aliphatic heterocycles. The Bertz CT molecular complexity index is 1640. The molecule has 2 saturated heterocycles. The third kappa shape index (κ3) is 13.9. The molecule has 61 heavy (non-hydrogen) atoms. The first kappa shape index (κ1) is 51.2. The van der Waals surface area contributed by atoms with Crippen LogP contribution in [0.2, 0.25) is 0 Å². The molecule has 1 aromatic carbocycles. The van der Waals surface area contributed by atoms with E-state index in [-0.39, 0.29) is 59.8 Å². The van der Waals surface area contributed by atoms with Crippen molar-refractivity contribution in [1.82, 2.24) is 30.2 Å². The van der Waals surface area contributed by atoms with Gasteiger partial charge in [0.15, 0.2) is 0 Å². The Balaban J connectivity index is 1.67. The molecule has 2 heterocycles. The number of methoxy groups -OCH3 is 2. The molecular formula is C45H76N8O8. The Kier molecular flexibility index (Phi) is 20.1. The molecule has 16 heteroatoms. The van der Waals surface area contributed by atoms with Crippen LogP contribution in [0.1, 0.15) is 86.1 Å². The number of amides is 6. The summed E-state index contributed by atoms with van der Waals surface area (Å²) in [5, 5.41) is 8.46. The van der Waals surface area contributed by atoms with Gasteiger partial charge in [0.1, 0.15) is 12.1 Å². The minimum atomic E-state index is -0.777. The molecule has 0 aromatic heterocycles. The Morgan fingerprint density at radius 2 is 1.61 bits per heavy atom. The number of benzene rings is 1. The number of hydrogen-bond donors (Lipinski definition) is 4. The molecule has 2 aliphatic rings. The Morgan fingerprint density at radius 3 is 2.18 bits per heavy atom. The lowest BCUT2D eigenvalue weighted by atomic mass is 9.89. The topological polar surface area (TPSA) is 196 Å². The molecule has 0 aliphatic carbocycles. The van der Waals surface area contributed by atoms with E-state index in [1.54, 1.807) is 58.0 Å². The Morgan fingerprint density at radius 1 is 0.918 bits per heavy atom. The molecule has 6 amide bonds. The average Bonchev–Trinajstić information content (AvgIpc) is 3.90. The molecule has 5 N–H and O–H groups in total.